The van der Waals surface area contributed by atoms with Gasteiger partial charge in [0.2, 0.25) is 0 Å². The molecule has 126 valence electrons. The van der Waals surface area contributed by atoms with Gasteiger partial charge >= 0.3 is 0 Å². The van der Waals surface area contributed by atoms with Gasteiger partial charge in [0.25, 0.3) is 0 Å². The maximum absolute atomic E-state index is 5.44. The Balaban J connectivity index is 0.00000400. The summed E-state index contributed by atoms with van der Waals surface area (Å²) in [5, 5.41) is 3.45. The Kier molecular flexibility index (Phi) is 13.5. The summed E-state index contributed by atoms with van der Waals surface area (Å²) < 4.78 is 10.4. The van der Waals surface area contributed by atoms with Gasteiger partial charge in [0.05, 0.1) is 13.2 Å². The zero-order chi connectivity index (χ0) is 14.6. The Morgan fingerprint density at radius 3 is 2.52 bits per heavy atom. The minimum absolute atomic E-state index is 0. The van der Waals surface area contributed by atoms with E-state index in [1.165, 1.54) is 12.8 Å². The van der Waals surface area contributed by atoms with Gasteiger partial charge in [-0.1, -0.05) is 6.92 Å². The molecule has 0 atom stereocenters. The van der Waals surface area contributed by atoms with Crippen LogP contribution in [0.25, 0.3) is 0 Å². The lowest BCUT2D eigenvalue weighted by molar-refractivity contribution is 0.0689. The molecule has 1 aliphatic rings. The van der Waals surface area contributed by atoms with E-state index < -0.39 is 0 Å². The summed E-state index contributed by atoms with van der Waals surface area (Å²) in [6, 6.07) is 0. The fraction of sp³-hybridized carbons (Fsp3) is 0.933. The molecule has 0 saturated carbocycles. The number of likely N-dealkylation sites (tertiary alicyclic amines) is 1. The predicted molar refractivity (Wildman–Crippen MR) is 98.7 cm³/mol. The number of ether oxygens (including phenoxy) is 2. The maximum atomic E-state index is 5.44. The molecule has 0 amide bonds. The zero-order valence-electron chi connectivity index (χ0n) is 13.8. The first kappa shape index (κ1) is 20.9. The SMILES string of the molecule is CN=C(NCCCCOCCOC)N1CCC(C)CC1.I. The Labute approximate surface area is 146 Å². The second-order valence-corrected chi connectivity index (χ2v) is 5.46. The van der Waals surface area contributed by atoms with Crippen LogP contribution in [-0.4, -0.2) is 64.5 Å². The van der Waals surface area contributed by atoms with Crippen molar-refractivity contribution in [3.05, 3.63) is 0 Å². The van der Waals surface area contributed by atoms with Crippen LogP contribution in [0.1, 0.15) is 32.6 Å². The highest BCUT2D eigenvalue weighted by atomic mass is 127. The van der Waals surface area contributed by atoms with E-state index in [1.807, 2.05) is 7.05 Å². The normalized spacial score (nSPS) is 16.7. The first-order valence-electron chi connectivity index (χ1n) is 7.80. The molecule has 0 aromatic rings. The van der Waals surface area contributed by atoms with Crippen LogP contribution in [0.15, 0.2) is 4.99 Å². The topological polar surface area (TPSA) is 46.1 Å². The molecule has 1 saturated heterocycles. The number of rotatable bonds is 8. The van der Waals surface area contributed by atoms with Crippen molar-refractivity contribution >= 4 is 29.9 Å². The number of methoxy groups -OCH3 is 1. The molecular formula is C15H32IN3O2. The highest BCUT2D eigenvalue weighted by Gasteiger charge is 2.17. The summed E-state index contributed by atoms with van der Waals surface area (Å²) in [5.41, 5.74) is 0. The van der Waals surface area contributed by atoms with E-state index in [1.54, 1.807) is 7.11 Å². The summed E-state index contributed by atoms with van der Waals surface area (Å²) in [4.78, 5) is 6.75. The van der Waals surface area contributed by atoms with E-state index in [4.69, 9.17) is 9.47 Å². The molecule has 1 fully saturated rings. The molecule has 1 aliphatic heterocycles. The predicted octanol–water partition coefficient (Wildman–Crippen LogP) is 2.35. The number of nitrogens with zero attached hydrogens (tertiary/aromatic N) is 2. The smallest absolute Gasteiger partial charge is 0.193 e. The van der Waals surface area contributed by atoms with Crippen LogP contribution in [0.4, 0.5) is 0 Å². The quantitative estimate of drug-likeness (QED) is 0.287. The number of hydrogen-bond donors (Lipinski definition) is 1. The molecule has 1 heterocycles. The van der Waals surface area contributed by atoms with Crippen LogP contribution in [0, 0.1) is 5.92 Å². The lowest BCUT2D eigenvalue weighted by Crippen LogP contribution is -2.45. The van der Waals surface area contributed by atoms with Gasteiger partial charge in [-0.3, -0.25) is 4.99 Å². The van der Waals surface area contributed by atoms with Crippen molar-refractivity contribution in [1.29, 1.82) is 0 Å². The molecule has 1 rings (SSSR count). The van der Waals surface area contributed by atoms with Gasteiger partial charge < -0.3 is 19.7 Å². The molecule has 21 heavy (non-hydrogen) atoms. The summed E-state index contributed by atoms with van der Waals surface area (Å²) >= 11 is 0. The van der Waals surface area contributed by atoms with Gasteiger partial charge in [-0.2, -0.15) is 0 Å². The third-order valence-electron chi connectivity index (χ3n) is 3.73. The van der Waals surface area contributed by atoms with E-state index in [-0.39, 0.29) is 24.0 Å². The minimum atomic E-state index is 0. The third kappa shape index (κ3) is 9.52. The van der Waals surface area contributed by atoms with Crippen molar-refractivity contribution < 1.29 is 9.47 Å². The summed E-state index contributed by atoms with van der Waals surface area (Å²) in [7, 11) is 3.56. The number of piperidine rings is 1. The highest BCUT2D eigenvalue weighted by Crippen LogP contribution is 2.15. The fourth-order valence-corrected chi connectivity index (χ4v) is 2.33. The number of nitrogens with one attached hydrogen (secondary N) is 1. The van der Waals surface area contributed by atoms with Crippen LogP contribution in [0.3, 0.4) is 0 Å². The summed E-state index contributed by atoms with van der Waals surface area (Å²) in [6.07, 6.45) is 4.73. The van der Waals surface area contributed by atoms with Gasteiger partial charge in [-0.15, -0.1) is 24.0 Å². The molecule has 5 nitrogen and oxygen atoms in total. The minimum Gasteiger partial charge on any atom is -0.382 e. The lowest BCUT2D eigenvalue weighted by Gasteiger charge is -2.32. The summed E-state index contributed by atoms with van der Waals surface area (Å²) in [6.45, 7) is 7.73. The second-order valence-electron chi connectivity index (χ2n) is 5.46. The standard InChI is InChI=1S/C15H31N3O2.HI/c1-14-6-9-18(10-7-14)15(16-2)17-8-4-5-11-20-13-12-19-3;/h14H,4-13H2,1-3H3,(H,16,17);1H. The van der Waals surface area contributed by atoms with Crippen LogP contribution in [0.2, 0.25) is 0 Å². The van der Waals surface area contributed by atoms with Crippen molar-refractivity contribution in [2.24, 2.45) is 10.9 Å². The number of hydrogen-bond acceptors (Lipinski definition) is 3. The van der Waals surface area contributed by atoms with Crippen molar-refractivity contribution in [2.45, 2.75) is 32.6 Å². The number of guanidine groups is 1. The Hall–Kier alpha value is -0.0800. The molecule has 6 heteroatoms. The van der Waals surface area contributed by atoms with Gasteiger partial charge in [-0.05, 0) is 31.6 Å². The van der Waals surface area contributed by atoms with E-state index in [2.05, 4.69) is 22.1 Å². The average molecular weight is 413 g/mol. The van der Waals surface area contributed by atoms with Crippen LogP contribution in [0.5, 0.6) is 0 Å². The van der Waals surface area contributed by atoms with Crippen molar-refractivity contribution in [1.82, 2.24) is 10.2 Å². The van der Waals surface area contributed by atoms with Crippen molar-refractivity contribution in [2.75, 3.05) is 53.6 Å². The molecular weight excluding hydrogens is 381 g/mol. The number of halogens is 1. The highest BCUT2D eigenvalue weighted by molar-refractivity contribution is 14.0. The first-order valence-corrected chi connectivity index (χ1v) is 7.80. The van der Waals surface area contributed by atoms with Gasteiger partial charge in [-0.25, -0.2) is 0 Å². The molecule has 0 radical (unpaired) electrons. The van der Waals surface area contributed by atoms with Gasteiger partial charge in [0.15, 0.2) is 5.96 Å². The number of unbranched alkanes of at least 4 members (excludes halogenated alkanes) is 1. The maximum Gasteiger partial charge on any atom is 0.193 e. The Morgan fingerprint density at radius 1 is 1.19 bits per heavy atom. The van der Waals surface area contributed by atoms with E-state index in [0.29, 0.717) is 13.2 Å². The summed E-state index contributed by atoms with van der Waals surface area (Å²) in [5.74, 6) is 1.91. The molecule has 0 aromatic carbocycles. The molecule has 0 aromatic heterocycles. The lowest BCUT2D eigenvalue weighted by atomic mass is 10.00. The fourth-order valence-electron chi connectivity index (χ4n) is 2.33. The second kappa shape index (κ2) is 13.6. The third-order valence-corrected chi connectivity index (χ3v) is 3.73. The van der Waals surface area contributed by atoms with Gasteiger partial charge in [0.1, 0.15) is 0 Å². The molecule has 0 aliphatic carbocycles. The van der Waals surface area contributed by atoms with E-state index >= 15 is 0 Å². The first-order chi connectivity index (χ1) is 9.77. The van der Waals surface area contributed by atoms with Crippen LogP contribution in [-0.2, 0) is 9.47 Å². The molecule has 0 bridgehead atoms. The molecule has 0 unspecified atom stereocenters. The van der Waals surface area contributed by atoms with Crippen LogP contribution >= 0.6 is 24.0 Å². The average Bonchev–Trinajstić information content (AvgIpc) is 2.47. The largest absolute Gasteiger partial charge is 0.382 e. The van der Waals surface area contributed by atoms with Crippen molar-refractivity contribution in [3.8, 4) is 0 Å². The Morgan fingerprint density at radius 2 is 1.90 bits per heavy atom. The van der Waals surface area contributed by atoms with Gasteiger partial charge in [0, 0.05) is 40.4 Å². The monoisotopic (exact) mass is 413 g/mol. The molecule has 1 N–H and O–H groups in total. The van der Waals surface area contributed by atoms with E-state index in [0.717, 1.165) is 51.0 Å². The van der Waals surface area contributed by atoms with Crippen LogP contribution < -0.4 is 5.32 Å². The van der Waals surface area contributed by atoms with E-state index in [9.17, 15) is 0 Å². The Bertz CT molecular complexity index is 270. The van der Waals surface area contributed by atoms with Crippen molar-refractivity contribution in [3.63, 3.8) is 0 Å². The zero-order valence-corrected chi connectivity index (χ0v) is 16.1. The molecule has 0 spiro atoms. The number of aliphatic imine (C=N–C) groups is 1.